The number of nitrogens with zero attached hydrogens (tertiary/aromatic N) is 3. The summed E-state index contributed by atoms with van der Waals surface area (Å²) in [5, 5.41) is 7.28. The number of aromatic nitrogens is 2. The monoisotopic (exact) mass is 509 g/mol. The summed E-state index contributed by atoms with van der Waals surface area (Å²) in [4.78, 5) is 34.5. The van der Waals surface area contributed by atoms with E-state index < -0.39 is 0 Å². The van der Waals surface area contributed by atoms with E-state index in [4.69, 9.17) is 21.1 Å². The van der Waals surface area contributed by atoms with Gasteiger partial charge >= 0.3 is 5.97 Å². The van der Waals surface area contributed by atoms with Crippen molar-refractivity contribution < 1.29 is 19.1 Å². The molecular weight excluding hydrogens is 482 g/mol. The molecule has 1 saturated heterocycles. The molecular formula is C26H28ClN5O4. The van der Waals surface area contributed by atoms with Crippen molar-refractivity contribution in [1.29, 1.82) is 0 Å². The van der Waals surface area contributed by atoms with E-state index in [-0.39, 0.29) is 18.0 Å². The summed E-state index contributed by atoms with van der Waals surface area (Å²) in [7, 11) is 0. The predicted octanol–water partition coefficient (Wildman–Crippen LogP) is 4.56. The van der Waals surface area contributed by atoms with Gasteiger partial charge in [-0.25, -0.2) is 9.97 Å². The third-order valence-corrected chi connectivity index (χ3v) is 5.96. The number of nitrogens with one attached hydrogen (secondary N) is 2. The van der Waals surface area contributed by atoms with Crippen LogP contribution >= 0.6 is 11.6 Å². The zero-order valence-electron chi connectivity index (χ0n) is 20.0. The lowest BCUT2D eigenvalue weighted by Gasteiger charge is -2.30. The van der Waals surface area contributed by atoms with Crippen LogP contribution in [0.1, 0.15) is 19.8 Å². The molecule has 1 atom stereocenters. The molecule has 1 fully saturated rings. The van der Waals surface area contributed by atoms with E-state index in [0.717, 1.165) is 25.9 Å². The van der Waals surface area contributed by atoms with Gasteiger partial charge in [0.25, 0.3) is 0 Å². The normalized spacial score (nSPS) is 15.8. The Kier molecular flexibility index (Phi) is 8.35. The first-order valence-electron chi connectivity index (χ1n) is 11.7. The standard InChI is InChI=1S/C26H28ClN5O4/c1-3-24(33)30-22-12-18-21(28-16-29-26(18)31-20-9-5-4-8-19(20)27)13-23(22)35-11-7-6-10-32-14-17(2)36-25(34)15-32/h3-5,8-9,12-13,16-17H,1,6-7,10-11,14-15H2,2H3,(H,30,33)(H,28,29,31)/t17-/m1/s1. The molecule has 1 amide bonds. The summed E-state index contributed by atoms with van der Waals surface area (Å²) in [5.74, 6) is 0.496. The lowest BCUT2D eigenvalue weighted by atomic mass is 10.1. The fourth-order valence-corrected chi connectivity index (χ4v) is 4.16. The number of hydrogen-bond acceptors (Lipinski definition) is 8. The number of halogens is 1. The maximum atomic E-state index is 12.1. The van der Waals surface area contributed by atoms with Crippen molar-refractivity contribution in [3.05, 3.63) is 60.4 Å². The number of hydrogen-bond donors (Lipinski definition) is 2. The minimum Gasteiger partial charge on any atom is -0.491 e. The highest BCUT2D eigenvalue weighted by molar-refractivity contribution is 6.33. The number of esters is 1. The molecule has 0 spiro atoms. The number of amides is 1. The Balaban J connectivity index is 1.48. The summed E-state index contributed by atoms with van der Waals surface area (Å²) in [6, 6.07) is 10.9. The lowest BCUT2D eigenvalue weighted by Crippen LogP contribution is -2.44. The van der Waals surface area contributed by atoms with Crippen LogP contribution in [0.3, 0.4) is 0 Å². The maximum Gasteiger partial charge on any atom is 0.320 e. The van der Waals surface area contributed by atoms with Gasteiger partial charge < -0.3 is 20.1 Å². The van der Waals surface area contributed by atoms with Gasteiger partial charge in [-0.15, -0.1) is 0 Å². The number of benzene rings is 2. The van der Waals surface area contributed by atoms with E-state index in [1.54, 1.807) is 18.2 Å². The molecule has 3 aromatic rings. The zero-order valence-corrected chi connectivity index (χ0v) is 20.8. The second kappa shape index (κ2) is 11.8. The smallest absolute Gasteiger partial charge is 0.320 e. The van der Waals surface area contributed by atoms with Crippen molar-refractivity contribution in [2.45, 2.75) is 25.9 Å². The molecule has 9 nitrogen and oxygen atoms in total. The average molecular weight is 510 g/mol. The van der Waals surface area contributed by atoms with Crippen molar-refractivity contribution in [1.82, 2.24) is 14.9 Å². The molecule has 36 heavy (non-hydrogen) atoms. The Labute approximate surface area is 214 Å². The first-order chi connectivity index (χ1) is 17.4. The average Bonchev–Trinajstić information content (AvgIpc) is 2.85. The molecule has 0 radical (unpaired) electrons. The van der Waals surface area contributed by atoms with E-state index in [0.29, 0.717) is 52.0 Å². The highest BCUT2D eigenvalue weighted by Crippen LogP contribution is 2.34. The summed E-state index contributed by atoms with van der Waals surface area (Å²) < 4.78 is 11.2. The molecule has 1 aromatic heterocycles. The Morgan fingerprint density at radius 3 is 2.89 bits per heavy atom. The van der Waals surface area contributed by atoms with Crippen LogP contribution in [0, 0.1) is 0 Å². The summed E-state index contributed by atoms with van der Waals surface area (Å²) in [6.45, 7) is 7.70. The molecule has 2 N–H and O–H groups in total. The number of carbonyl (C=O) groups is 2. The lowest BCUT2D eigenvalue weighted by molar-refractivity contribution is -0.157. The van der Waals surface area contributed by atoms with E-state index in [1.165, 1.54) is 12.4 Å². The molecule has 0 saturated carbocycles. The summed E-state index contributed by atoms with van der Waals surface area (Å²) in [6.07, 6.45) is 4.20. The Morgan fingerprint density at radius 2 is 2.11 bits per heavy atom. The number of para-hydroxylation sites is 1. The van der Waals surface area contributed by atoms with Gasteiger partial charge in [-0.2, -0.15) is 0 Å². The van der Waals surface area contributed by atoms with Gasteiger partial charge in [-0.05, 0) is 50.6 Å². The van der Waals surface area contributed by atoms with E-state index in [1.807, 2.05) is 25.1 Å². The van der Waals surface area contributed by atoms with Gasteiger partial charge in [0.2, 0.25) is 5.91 Å². The van der Waals surface area contributed by atoms with Crippen LogP contribution < -0.4 is 15.4 Å². The molecule has 1 aliphatic heterocycles. The number of ether oxygens (including phenoxy) is 2. The molecule has 0 aliphatic carbocycles. The minimum atomic E-state index is -0.359. The third kappa shape index (κ3) is 6.50. The number of fused-ring (bicyclic) bond motifs is 1. The van der Waals surface area contributed by atoms with Crippen molar-refractivity contribution in [3.63, 3.8) is 0 Å². The fourth-order valence-electron chi connectivity index (χ4n) is 3.97. The van der Waals surface area contributed by atoms with E-state index in [9.17, 15) is 9.59 Å². The van der Waals surface area contributed by atoms with Crippen LogP contribution in [0.15, 0.2) is 55.4 Å². The van der Waals surface area contributed by atoms with Gasteiger partial charge in [-0.3, -0.25) is 14.5 Å². The Bertz CT molecular complexity index is 1270. The SMILES string of the molecule is C=CC(=O)Nc1cc2c(Nc3ccccc3Cl)ncnc2cc1OCCCCN1CC(=O)O[C@H](C)C1. The van der Waals surface area contributed by atoms with Gasteiger partial charge in [0.05, 0.1) is 35.1 Å². The van der Waals surface area contributed by atoms with E-state index in [2.05, 4.69) is 32.1 Å². The fraction of sp³-hybridized carbons (Fsp3) is 0.308. The number of unbranched alkanes of at least 4 members (excludes halogenated alkanes) is 1. The molecule has 0 unspecified atom stereocenters. The van der Waals surface area contributed by atoms with Crippen molar-refractivity contribution >= 4 is 51.6 Å². The summed E-state index contributed by atoms with van der Waals surface area (Å²) in [5.41, 5.74) is 1.83. The zero-order chi connectivity index (χ0) is 25.5. The molecule has 4 rings (SSSR count). The highest BCUT2D eigenvalue weighted by atomic mass is 35.5. The number of rotatable bonds is 10. The summed E-state index contributed by atoms with van der Waals surface area (Å²) >= 11 is 6.30. The predicted molar refractivity (Wildman–Crippen MR) is 140 cm³/mol. The van der Waals surface area contributed by atoms with Crippen LogP contribution in [-0.2, 0) is 14.3 Å². The first-order valence-corrected chi connectivity index (χ1v) is 12.1. The minimum absolute atomic E-state index is 0.0876. The Hall–Kier alpha value is -3.69. The molecule has 10 heteroatoms. The van der Waals surface area contributed by atoms with Crippen molar-refractivity contribution in [3.8, 4) is 5.75 Å². The van der Waals surface area contributed by atoms with Gasteiger partial charge in [0.1, 0.15) is 24.0 Å². The molecule has 2 heterocycles. The van der Waals surface area contributed by atoms with Crippen LogP contribution in [-0.4, -0.2) is 59.1 Å². The van der Waals surface area contributed by atoms with Gasteiger partial charge in [-0.1, -0.05) is 30.3 Å². The quantitative estimate of drug-likeness (QED) is 0.233. The molecule has 0 bridgehead atoms. The number of cyclic esters (lactones) is 1. The van der Waals surface area contributed by atoms with Gasteiger partial charge in [0, 0.05) is 18.0 Å². The topological polar surface area (TPSA) is 106 Å². The maximum absolute atomic E-state index is 12.1. The largest absolute Gasteiger partial charge is 0.491 e. The Morgan fingerprint density at radius 1 is 1.28 bits per heavy atom. The van der Waals surface area contributed by atoms with Crippen LogP contribution in [0.5, 0.6) is 5.75 Å². The second-order valence-electron chi connectivity index (χ2n) is 8.48. The van der Waals surface area contributed by atoms with Crippen LogP contribution in [0.2, 0.25) is 5.02 Å². The third-order valence-electron chi connectivity index (χ3n) is 5.63. The van der Waals surface area contributed by atoms with Gasteiger partial charge in [0.15, 0.2) is 0 Å². The number of morpholine rings is 1. The highest BCUT2D eigenvalue weighted by Gasteiger charge is 2.22. The van der Waals surface area contributed by atoms with Crippen molar-refractivity contribution in [2.75, 3.05) is 36.9 Å². The molecule has 2 aromatic carbocycles. The van der Waals surface area contributed by atoms with E-state index >= 15 is 0 Å². The molecule has 188 valence electrons. The number of anilines is 3. The first kappa shape index (κ1) is 25.4. The molecule has 1 aliphatic rings. The van der Waals surface area contributed by atoms with Crippen molar-refractivity contribution in [2.24, 2.45) is 0 Å². The van der Waals surface area contributed by atoms with Crippen LogP contribution in [0.25, 0.3) is 10.9 Å². The second-order valence-corrected chi connectivity index (χ2v) is 8.88. The van der Waals surface area contributed by atoms with Crippen LogP contribution in [0.4, 0.5) is 17.2 Å². The number of carbonyl (C=O) groups excluding carboxylic acids is 2.